The second-order valence-electron chi connectivity index (χ2n) is 4.77. The van der Waals surface area contributed by atoms with Crippen molar-refractivity contribution in [2.75, 3.05) is 5.32 Å². The Bertz CT molecular complexity index is 464. The van der Waals surface area contributed by atoms with E-state index in [-0.39, 0.29) is 5.82 Å². The Hall–Kier alpha value is -1.79. The maximum Gasteiger partial charge on any atom is 0.434 e. The van der Waals surface area contributed by atoms with E-state index in [0.717, 1.165) is 6.07 Å². The molecular weight excluding hydrogens is 249 g/mol. The maximum atomic E-state index is 12.7. The number of nitrogens with one attached hydrogen (secondary N) is 1. The van der Waals surface area contributed by atoms with Crippen LogP contribution in [-0.2, 0) is 6.18 Å². The third-order valence-electron chi connectivity index (χ3n) is 1.90. The predicted octanol–water partition coefficient (Wildman–Crippen LogP) is 3.01. The number of hydrogen-bond acceptors (Lipinski definition) is 3. The zero-order valence-electron chi connectivity index (χ0n) is 10.1. The molecule has 100 valence electrons. The topological polar surface area (TPSA) is 62.2 Å². The van der Waals surface area contributed by atoms with Crippen molar-refractivity contribution >= 4 is 11.8 Å². The molecule has 7 heteroatoms. The van der Waals surface area contributed by atoms with Crippen LogP contribution in [0.25, 0.3) is 0 Å². The van der Waals surface area contributed by atoms with Crippen LogP contribution in [0.5, 0.6) is 0 Å². The largest absolute Gasteiger partial charge is 0.478 e. The van der Waals surface area contributed by atoms with Crippen LogP contribution >= 0.6 is 0 Å². The first kappa shape index (κ1) is 14.3. The third kappa shape index (κ3) is 3.61. The minimum atomic E-state index is -4.80. The predicted molar refractivity (Wildman–Crippen MR) is 59.6 cm³/mol. The lowest BCUT2D eigenvalue weighted by Crippen LogP contribution is -2.27. The van der Waals surface area contributed by atoms with Gasteiger partial charge in [0.2, 0.25) is 0 Å². The fourth-order valence-corrected chi connectivity index (χ4v) is 1.30. The lowest BCUT2D eigenvalue weighted by molar-refractivity contribution is -0.141. The van der Waals surface area contributed by atoms with Crippen molar-refractivity contribution in [3.8, 4) is 0 Å². The number of nitrogens with zero attached hydrogens (tertiary/aromatic N) is 1. The molecule has 0 aliphatic rings. The molecule has 1 aromatic heterocycles. The highest BCUT2D eigenvalue weighted by atomic mass is 19.4. The molecule has 0 amide bonds. The Morgan fingerprint density at radius 2 is 1.83 bits per heavy atom. The van der Waals surface area contributed by atoms with Crippen LogP contribution < -0.4 is 5.32 Å². The van der Waals surface area contributed by atoms with E-state index in [0.29, 0.717) is 0 Å². The minimum Gasteiger partial charge on any atom is -0.478 e. The number of hydrogen-bond donors (Lipinski definition) is 2. The summed E-state index contributed by atoms with van der Waals surface area (Å²) >= 11 is 0. The summed E-state index contributed by atoms with van der Waals surface area (Å²) in [4.78, 5) is 14.0. The van der Waals surface area contributed by atoms with Gasteiger partial charge in [0.15, 0.2) is 5.69 Å². The molecule has 4 nitrogen and oxygen atoms in total. The van der Waals surface area contributed by atoms with Crippen LogP contribution in [0.2, 0.25) is 0 Å². The molecule has 2 N–H and O–H groups in total. The second-order valence-corrected chi connectivity index (χ2v) is 4.77. The minimum absolute atomic E-state index is 0.0141. The first-order chi connectivity index (χ1) is 8.00. The van der Waals surface area contributed by atoms with Crippen molar-refractivity contribution in [2.45, 2.75) is 32.5 Å². The summed E-state index contributed by atoms with van der Waals surface area (Å²) in [6.07, 6.45) is -4.80. The van der Waals surface area contributed by atoms with E-state index < -0.39 is 28.9 Å². The average Bonchev–Trinajstić information content (AvgIpc) is 2.13. The normalized spacial score (nSPS) is 12.3. The Balaban J connectivity index is 3.27. The van der Waals surface area contributed by atoms with E-state index in [1.165, 1.54) is 6.07 Å². The molecule has 1 heterocycles. The van der Waals surface area contributed by atoms with Crippen molar-refractivity contribution in [1.82, 2.24) is 4.98 Å². The molecule has 0 fully saturated rings. The van der Waals surface area contributed by atoms with Crippen LogP contribution in [0.1, 0.15) is 36.8 Å². The highest BCUT2D eigenvalue weighted by Gasteiger charge is 2.37. The fraction of sp³-hybridized carbons (Fsp3) is 0.455. The van der Waals surface area contributed by atoms with Crippen LogP contribution in [0, 0.1) is 0 Å². The van der Waals surface area contributed by atoms with Gasteiger partial charge in [-0.25, -0.2) is 9.78 Å². The zero-order chi connectivity index (χ0) is 14.1. The lowest BCUT2D eigenvalue weighted by Gasteiger charge is -2.22. The average molecular weight is 262 g/mol. The molecule has 1 aromatic rings. The van der Waals surface area contributed by atoms with Crippen LogP contribution in [0.4, 0.5) is 19.0 Å². The number of alkyl halides is 3. The van der Waals surface area contributed by atoms with E-state index in [1.54, 1.807) is 20.8 Å². The second kappa shape index (κ2) is 4.47. The quantitative estimate of drug-likeness (QED) is 0.860. The summed E-state index contributed by atoms with van der Waals surface area (Å²) in [7, 11) is 0. The Labute approximate surface area is 102 Å². The molecule has 18 heavy (non-hydrogen) atoms. The van der Waals surface area contributed by atoms with Gasteiger partial charge in [-0.05, 0) is 32.9 Å². The highest BCUT2D eigenvalue weighted by Crippen LogP contribution is 2.31. The lowest BCUT2D eigenvalue weighted by atomic mass is 10.1. The van der Waals surface area contributed by atoms with Crippen LogP contribution in [-0.4, -0.2) is 21.6 Å². The van der Waals surface area contributed by atoms with E-state index >= 15 is 0 Å². The van der Waals surface area contributed by atoms with Gasteiger partial charge in [-0.3, -0.25) is 0 Å². The van der Waals surface area contributed by atoms with Crippen molar-refractivity contribution < 1.29 is 23.1 Å². The monoisotopic (exact) mass is 262 g/mol. The molecular formula is C11H13F3N2O2. The SMILES string of the molecule is CC(C)(C)Nc1ccc(C(=O)O)c(C(F)(F)F)n1. The number of aromatic nitrogens is 1. The smallest absolute Gasteiger partial charge is 0.434 e. The summed E-state index contributed by atoms with van der Waals surface area (Å²) in [5.74, 6) is -1.67. The number of anilines is 1. The van der Waals surface area contributed by atoms with Gasteiger partial charge in [-0.15, -0.1) is 0 Å². The van der Waals surface area contributed by atoms with Gasteiger partial charge in [0.1, 0.15) is 5.82 Å². The number of carboxylic acid groups (broad SMARTS) is 1. The van der Waals surface area contributed by atoms with Gasteiger partial charge in [0, 0.05) is 5.54 Å². The standard InChI is InChI=1S/C11H13F3N2O2/c1-10(2,3)16-7-5-4-6(9(17)18)8(15-7)11(12,13)14/h4-5H,1-3H3,(H,15,16)(H,17,18). The number of rotatable bonds is 2. The van der Waals surface area contributed by atoms with Crippen molar-refractivity contribution in [3.05, 3.63) is 23.4 Å². The summed E-state index contributed by atoms with van der Waals surface area (Å²) in [6, 6.07) is 2.11. The van der Waals surface area contributed by atoms with Gasteiger partial charge in [0.25, 0.3) is 0 Å². The number of pyridine rings is 1. The van der Waals surface area contributed by atoms with Crippen molar-refractivity contribution in [1.29, 1.82) is 0 Å². The molecule has 1 rings (SSSR count). The van der Waals surface area contributed by atoms with Crippen LogP contribution in [0.3, 0.4) is 0 Å². The molecule has 0 saturated carbocycles. The third-order valence-corrected chi connectivity index (χ3v) is 1.90. The number of carbonyl (C=O) groups is 1. The number of aromatic carboxylic acids is 1. The van der Waals surface area contributed by atoms with Crippen molar-refractivity contribution in [2.24, 2.45) is 0 Å². The molecule has 0 aliphatic heterocycles. The van der Waals surface area contributed by atoms with Gasteiger partial charge in [0.05, 0.1) is 5.56 Å². The molecule has 0 bridgehead atoms. The van der Waals surface area contributed by atoms with E-state index in [2.05, 4.69) is 10.3 Å². The maximum absolute atomic E-state index is 12.7. The Morgan fingerprint density at radius 3 is 2.22 bits per heavy atom. The Morgan fingerprint density at radius 1 is 1.28 bits per heavy atom. The summed E-state index contributed by atoms with van der Waals surface area (Å²) in [5, 5.41) is 11.4. The summed E-state index contributed by atoms with van der Waals surface area (Å²) in [6.45, 7) is 5.27. The van der Waals surface area contributed by atoms with Gasteiger partial charge in [-0.2, -0.15) is 13.2 Å². The summed E-state index contributed by atoms with van der Waals surface area (Å²) in [5.41, 5.74) is -2.73. The molecule has 0 atom stereocenters. The molecule has 0 aromatic carbocycles. The van der Waals surface area contributed by atoms with Crippen molar-refractivity contribution in [3.63, 3.8) is 0 Å². The van der Waals surface area contributed by atoms with E-state index in [9.17, 15) is 18.0 Å². The molecule has 0 saturated heterocycles. The van der Waals surface area contributed by atoms with Gasteiger partial charge < -0.3 is 10.4 Å². The van der Waals surface area contributed by atoms with Gasteiger partial charge in [-0.1, -0.05) is 0 Å². The first-order valence-electron chi connectivity index (χ1n) is 5.10. The Kier molecular flexibility index (Phi) is 3.54. The molecule has 0 radical (unpaired) electrons. The van der Waals surface area contributed by atoms with E-state index in [1.807, 2.05) is 0 Å². The number of carboxylic acids is 1. The molecule has 0 aliphatic carbocycles. The van der Waals surface area contributed by atoms with Gasteiger partial charge >= 0.3 is 12.1 Å². The number of halogens is 3. The first-order valence-corrected chi connectivity index (χ1v) is 5.10. The zero-order valence-corrected chi connectivity index (χ0v) is 10.1. The summed E-state index contributed by atoms with van der Waals surface area (Å²) < 4.78 is 38.0. The molecule has 0 spiro atoms. The fourth-order valence-electron chi connectivity index (χ4n) is 1.30. The van der Waals surface area contributed by atoms with E-state index in [4.69, 9.17) is 5.11 Å². The van der Waals surface area contributed by atoms with Crippen LogP contribution in [0.15, 0.2) is 12.1 Å². The molecule has 0 unspecified atom stereocenters. The highest BCUT2D eigenvalue weighted by molar-refractivity contribution is 5.89.